The molecule has 142 valence electrons. The van der Waals surface area contributed by atoms with Crippen molar-refractivity contribution in [3.05, 3.63) is 54.7 Å². The van der Waals surface area contributed by atoms with E-state index in [-0.39, 0.29) is 0 Å². The molecule has 6 nitrogen and oxygen atoms in total. The maximum Gasteiger partial charge on any atom is 0.187 e. The lowest BCUT2D eigenvalue weighted by molar-refractivity contribution is 0.238. The zero-order valence-electron chi connectivity index (χ0n) is 15.7. The van der Waals surface area contributed by atoms with E-state index in [1.165, 1.54) is 12.8 Å². The summed E-state index contributed by atoms with van der Waals surface area (Å²) in [5, 5.41) is 13.1. The van der Waals surface area contributed by atoms with Gasteiger partial charge in [0, 0.05) is 11.6 Å². The summed E-state index contributed by atoms with van der Waals surface area (Å²) >= 11 is 0. The first kappa shape index (κ1) is 17.1. The first-order valence-corrected chi connectivity index (χ1v) is 9.92. The molecule has 0 bridgehead atoms. The van der Waals surface area contributed by atoms with Crippen molar-refractivity contribution in [2.45, 2.75) is 19.3 Å². The lowest BCUT2D eigenvalue weighted by Crippen LogP contribution is -2.16. The van der Waals surface area contributed by atoms with Crippen LogP contribution in [0.1, 0.15) is 19.3 Å². The van der Waals surface area contributed by atoms with Crippen LogP contribution < -0.4 is 10.1 Å². The highest BCUT2D eigenvalue weighted by Crippen LogP contribution is 2.28. The van der Waals surface area contributed by atoms with Crippen LogP contribution in [-0.2, 0) is 0 Å². The van der Waals surface area contributed by atoms with Gasteiger partial charge in [0.15, 0.2) is 11.5 Å². The van der Waals surface area contributed by atoms with Crippen LogP contribution >= 0.6 is 0 Å². The largest absolute Gasteiger partial charge is 0.491 e. The zero-order valence-corrected chi connectivity index (χ0v) is 15.7. The van der Waals surface area contributed by atoms with Crippen LogP contribution in [0.15, 0.2) is 54.7 Å². The minimum atomic E-state index is 0.592. The van der Waals surface area contributed by atoms with Crippen LogP contribution in [-0.4, -0.2) is 39.3 Å². The predicted octanol–water partition coefficient (Wildman–Crippen LogP) is 3.71. The molecule has 0 aliphatic carbocycles. The Morgan fingerprint density at radius 1 is 1.00 bits per heavy atom. The Bertz CT molecular complexity index is 1100. The number of rotatable bonds is 4. The van der Waals surface area contributed by atoms with Crippen molar-refractivity contribution in [1.82, 2.24) is 24.9 Å². The molecule has 4 heterocycles. The molecule has 0 radical (unpaired) electrons. The Labute approximate surface area is 163 Å². The van der Waals surface area contributed by atoms with E-state index in [1.54, 1.807) is 0 Å². The Kier molecular flexibility index (Phi) is 4.62. The number of nitrogens with one attached hydrogen (secondary N) is 1. The van der Waals surface area contributed by atoms with Gasteiger partial charge in [0.05, 0.1) is 6.61 Å². The van der Waals surface area contributed by atoms with Gasteiger partial charge in [0.25, 0.3) is 0 Å². The Hall–Kier alpha value is -2.99. The summed E-state index contributed by atoms with van der Waals surface area (Å²) in [6.07, 6.45) is 5.54. The van der Waals surface area contributed by atoms with Crippen LogP contribution in [0.5, 0.6) is 5.75 Å². The molecule has 1 atom stereocenters. The molecule has 5 rings (SSSR count). The molecule has 1 saturated heterocycles. The van der Waals surface area contributed by atoms with Gasteiger partial charge in [-0.15, -0.1) is 10.2 Å². The molecular weight excluding hydrogens is 350 g/mol. The van der Waals surface area contributed by atoms with Crippen LogP contribution in [0.25, 0.3) is 28.1 Å². The van der Waals surface area contributed by atoms with Crippen molar-refractivity contribution in [3.63, 3.8) is 0 Å². The van der Waals surface area contributed by atoms with Gasteiger partial charge in [-0.1, -0.05) is 24.3 Å². The third-order valence-electron chi connectivity index (χ3n) is 5.40. The Balaban J connectivity index is 1.47. The second-order valence-electron chi connectivity index (χ2n) is 7.33. The van der Waals surface area contributed by atoms with Gasteiger partial charge >= 0.3 is 0 Å². The van der Waals surface area contributed by atoms with Crippen molar-refractivity contribution in [2.24, 2.45) is 5.92 Å². The molecule has 1 fully saturated rings. The van der Waals surface area contributed by atoms with Crippen LogP contribution in [0.4, 0.5) is 0 Å². The minimum absolute atomic E-state index is 0.592. The highest BCUT2D eigenvalue weighted by Gasteiger charge is 2.15. The van der Waals surface area contributed by atoms with E-state index in [1.807, 2.05) is 47.0 Å². The average Bonchev–Trinajstić information content (AvgIpc) is 3.00. The smallest absolute Gasteiger partial charge is 0.187 e. The number of aromatic nitrogens is 4. The monoisotopic (exact) mass is 373 g/mol. The average molecular weight is 373 g/mol. The Morgan fingerprint density at radius 3 is 3.00 bits per heavy atom. The summed E-state index contributed by atoms with van der Waals surface area (Å²) in [4.78, 5) is 4.89. The lowest BCUT2D eigenvalue weighted by Gasteiger charge is -2.16. The van der Waals surface area contributed by atoms with Crippen LogP contribution in [0.2, 0.25) is 0 Å². The molecule has 0 saturated carbocycles. The molecule has 1 aliphatic rings. The first-order valence-electron chi connectivity index (χ1n) is 9.92. The van der Waals surface area contributed by atoms with E-state index in [2.05, 4.69) is 27.6 Å². The number of hydrogen-bond acceptors (Lipinski definition) is 5. The molecular formula is C22H23N5O. The van der Waals surface area contributed by atoms with Gasteiger partial charge in [-0.2, -0.15) is 0 Å². The fourth-order valence-corrected chi connectivity index (χ4v) is 3.84. The molecule has 1 unspecified atom stereocenters. The first-order chi connectivity index (χ1) is 13.9. The van der Waals surface area contributed by atoms with Crippen molar-refractivity contribution < 1.29 is 4.74 Å². The second kappa shape index (κ2) is 7.56. The van der Waals surface area contributed by atoms with Crippen molar-refractivity contribution in [1.29, 1.82) is 0 Å². The van der Waals surface area contributed by atoms with E-state index < -0.39 is 0 Å². The minimum Gasteiger partial charge on any atom is -0.491 e. The summed E-state index contributed by atoms with van der Waals surface area (Å²) in [6.45, 7) is 2.93. The number of fused-ring (bicyclic) bond motifs is 2. The third-order valence-corrected chi connectivity index (χ3v) is 5.40. The van der Waals surface area contributed by atoms with E-state index in [0.29, 0.717) is 5.92 Å². The van der Waals surface area contributed by atoms with Crippen molar-refractivity contribution >= 4 is 16.6 Å². The van der Waals surface area contributed by atoms with Crippen molar-refractivity contribution in [3.8, 4) is 17.3 Å². The quantitative estimate of drug-likeness (QED) is 0.591. The van der Waals surface area contributed by atoms with Gasteiger partial charge in [-0.3, -0.25) is 4.40 Å². The van der Waals surface area contributed by atoms with Crippen molar-refractivity contribution in [2.75, 3.05) is 19.7 Å². The molecule has 3 aromatic heterocycles. The SMILES string of the molecule is c1cc(OCC2CCCNCC2)c2nc(-c3nnc4ccccn34)ccc2c1. The number of benzene rings is 1. The molecule has 6 heteroatoms. The predicted molar refractivity (Wildman–Crippen MR) is 109 cm³/mol. The second-order valence-corrected chi connectivity index (χ2v) is 7.33. The lowest BCUT2D eigenvalue weighted by atomic mass is 10.0. The maximum absolute atomic E-state index is 6.24. The summed E-state index contributed by atoms with van der Waals surface area (Å²) in [7, 11) is 0. The molecule has 1 aromatic carbocycles. The van der Waals surface area contributed by atoms with E-state index >= 15 is 0 Å². The molecule has 1 aliphatic heterocycles. The fraction of sp³-hybridized carbons (Fsp3) is 0.318. The summed E-state index contributed by atoms with van der Waals surface area (Å²) in [6, 6.07) is 16.0. The topological polar surface area (TPSA) is 64.3 Å². The van der Waals surface area contributed by atoms with E-state index in [9.17, 15) is 0 Å². The van der Waals surface area contributed by atoms with Crippen LogP contribution in [0.3, 0.4) is 0 Å². The summed E-state index contributed by atoms with van der Waals surface area (Å²) in [5.41, 5.74) is 2.48. The fourth-order valence-electron chi connectivity index (χ4n) is 3.84. The maximum atomic E-state index is 6.24. The van der Waals surface area contributed by atoms with Gasteiger partial charge in [0.1, 0.15) is 17.0 Å². The zero-order chi connectivity index (χ0) is 18.8. The third kappa shape index (κ3) is 3.31. The standard InChI is InChI=1S/C22H23N5O/c1-2-14-27-20(8-1)25-26-22(27)18-10-9-17-6-3-7-19(21(17)24-18)28-15-16-5-4-12-23-13-11-16/h1-3,6-10,14,16,23H,4-5,11-13,15H2. The van der Waals surface area contributed by atoms with E-state index in [4.69, 9.17) is 9.72 Å². The number of ether oxygens (including phenoxy) is 1. The molecule has 4 aromatic rings. The van der Waals surface area contributed by atoms with E-state index in [0.717, 1.165) is 59.9 Å². The van der Waals surface area contributed by atoms with Gasteiger partial charge < -0.3 is 10.1 Å². The number of nitrogens with zero attached hydrogens (tertiary/aromatic N) is 4. The normalized spacial score (nSPS) is 17.6. The van der Waals surface area contributed by atoms with Crippen LogP contribution in [0, 0.1) is 5.92 Å². The highest BCUT2D eigenvalue weighted by atomic mass is 16.5. The molecule has 1 N–H and O–H groups in total. The highest BCUT2D eigenvalue weighted by molar-refractivity contribution is 5.86. The van der Waals surface area contributed by atoms with Gasteiger partial charge in [-0.25, -0.2) is 4.98 Å². The number of para-hydroxylation sites is 1. The summed E-state index contributed by atoms with van der Waals surface area (Å²) in [5.74, 6) is 2.17. The van der Waals surface area contributed by atoms with Gasteiger partial charge in [-0.05, 0) is 62.5 Å². The summed E-state index contributed by atoms with van der Waals surface area (Å²) < 4.78 is 8.20. The molecule has 0 amide bonds. The number of pyridine rings is 2. The van der Waals surface area contributed by atoms with Gasteiger partial charge in [0.2, 0.25) is 0 Å². The molecule has 0 spiro atoms. The number of hydrogen-bond donors (Lipinski definition) is 1. The molecule has 28 heavy (non-hydrogen) atoms. The Morgan fingerprint density at radius 2 is 2.00 bits per heavy atom.